The lowest BCUT2D eigenvalue weighted by molar-refractivity contribution is -0.134. The van der Waals surface area contributed by atoms with Gasteiger partial charge in [-0.15, -0.1) is 0 Å². The van der Waals surface area contributed by atoms with Crippen LogP contribution in [0.15, 0.2) is 23.1 Å². The van der Waals surface area contributed by atoms with Gasteiger partial charge in [0.2, 0.25) is 18.1 Å². The van der Waals surface area contributed by atoms with E-state index in [0.29, 0.717) is 42.0 Å². The van der Waals surface area contributed by atoms with Crippen molar-refractivity contribution in [3.8, 4) is 11.5 Å². The number of fused-ring (bicyclic) bond motifs is 2. The number of ether oxygens (including phenoxy) is 2. The van der Waals surface area contributed by atoms with Crippen molar-refractivity contribution < 1.29 is 19.1 Å². The van der Waals surface area contributed by atoms with Crippen LogP contribution >= 0.6 is 0 Å². The van der Waals surface area contributed by atoms with Crippen LogP contribution in [0.2, 0.25) is 0 Å². The molecule has 1 N–H and O–H groups in total. The van der Waals surface area contributed by atoms with Crippen molar-refractivity contribution in [3.63, 3.8) is 0 Å². The van der Waals surface area contributed by atoms with Crippen molar-refractivity contribution in [1.82, 2.24) is 19.7 Å². The number of aromatic nitrogens is 1. The summed E-state index contributed by atoms with van der Waals surface area (Å²) in [5.74, 6) is 0.360. The summed E-state index contributed by atoms with van der Waals surface area (Å²) in [6.45, 7) is 7.09. The van der Waals surface area contributed by atoms with Crippen LogP contribution in [0.4, 0.5) is 0 Å². The van der Waals surface area contributed by atoms with Crippen molar-refractivity contribution in [3.05, 3.63) is 34.1 Å². The lowest BCUT2D eigenvalue weighted by atomic mass is 10.1. The van der Waals surface area contributed by atoms with Crippen molar-refractivity contribution in [2.24, 2.45) is 0 Å². The molecule has 1 aromatic carbocycles. The van der Waals surface area contributed by atoms with Crippen LogP contribution in [0.25, 0.3) is 10.9 Å². The van der Waals surface area contributed by atoms with E-state index in [4.69, 9.17) is 9.47 Å². The molecule has 1 atom stereocenters. The third kappa shape index (κ3) is 3.60. The Hall–Kier alpha value is -3.07. The minimum absolute atomic E-state index is 0.00115. The van der Waals surface area contributed by atoms with E-state index in [9.17, 15) is 14.4 Å². The fourth-order valence-electron chi connectivity index (χ4n) is 3.84. The van der Waals surface area contributed by atoms with E-state index in [1.54, 1.807) is 24.0 Å². The van der Waals surface area contributed by atoms with E-state index in [1.165, 1.54) is 6.20 Å². The standard InChI is InChI=1S/C21H26N4O5/c1-4-24-11-15(19(26)14-9-17-18(10-16(14)24)30-12-29-17)20(27)22-13(2)21(28)25-7-5-23(3)6-8-25/h9-11,13H,4-8,12H2,1-3H3,(H,22,27). The van der Waals surface area contributed by atoms with Crippen molar-refractivity contribution in [2.75, 3.05) is 40.0 Å². The first-order chi connectivity index (χ1) is 14.4. The van der Waals surface area contributed by atoms with Gasteiger partial charge in [0.25, 0.3) is 5.91 Å². The van der Waals surface area contributed by atoms with E-state index in [1.807, 2.05) is 18.5 Å². The fourth-order valence-corrected chi connectivity index (χ4v) is 3.84. The van der Waals surface area contributed by atoms with Crippen LogP contribution in [0.1, 0.15) is 24.2 Å². The summed E-state index contributed by atoms with van der Waals surface area (Å²) in [6, 6.07) is 2.65. The molecular formula is C21H26N4O5. The molecule has 2 amide bonds. The quantitative estimate of drug-likeness (QED) is 0.790. The van der Waals surface area contributed by atoms with Gasteiger partial charge in [-0.05, 0) is 27.0 Å². The van der Waals surface area contributed by atoms with Gasteiger partial charge in [-0.25, -0.2) is 0 Å². The normalized spacial score (nSPS) is 17.2. The lowest BCUT2D eigenvalue weighted by Crippen LogP contribution is -2.53. The Labute approximate surface area is 174 Å². The second-order valence-electron chi connectivity index (χ2n) is 7.70. The Morgan fingerprint density at radius 2 is 1.80 bits per heavy atom. The maximum Gasteiger partial charge on any atom is 0.257 e. The molecule has 0 radical (unpaired) electrons. The summed E-state index contributed by atoms with van der Waals surface area (Å²) in [4.78, 5) is 42.6. The second kappa shape index (κ2) is 7.98. The summed E-state index contributed by atoms with van der Waals surface area (Å²) >= 11 is 0. The molecule has 1 unspecified atom stereocenters. The highest BCUT2D eigenvalue weighted by molar-refractivity contribution is 6.00. The first kappa shape index (κ1) is 20.2. The Balaban J connectivity index is 1.60. The molecule has 1 fully saturated rings. The Kier molecular flexibility index (Phi) is 5.38. The van der Waals surface area contributed by atoms with E-state index < -0.39 is 17.4 Å². The summed E-state index contributed by atoms with van der Waals surface area (Å²) in [5, 5.41) is 3.08. The number of likely N-dealkylation sites (N-methyl/N-ethyl adjacent to an activating group) is 1. The topological polar surface area (TPSA) is 93.1 Å². The number of rotatable bonds is 4. The molecule has 0 saturated carbocycles. The summed E-state index contributed by atoms with van der Waals surface area (Å²) in [5.41, 5.74) is 0.274. The molecule has 0 aliphatic carbocycles. The van der Waals surface area contributed by atoms with E-state index >= 15 is 0 Å². The number of hydrogen-bond acceptors (Lipinski definition) is 6. The van der Waals surface area contributed by atoms with Gasteiger partial charge in [0.1, 0.15) is 11.6 Å². The number of nitrogens with one attached hydrogen (secondary N) is 1. The number of pyridine rings is 1. The minimum atomic E-state index is -0.720. The van der Waals surface area contributed by atoms with Gasteiger partial charge >= 0.3 is 0 Å². The van der Waals surface area contributed by atoms with Crippen molar-refractivity contribution in [1.29, 1.82) is 0 Å². The SMILES string of the molecule is CCn1cc(C(=O)NC(C)C(=O)N2CCN(C)CC2)c(=O)c2cc3c(cc21)OCO3. The molecule has 9 nitrogen and oxygen atoms in total. The van der Waals surface area contributed by atoms with Crippen LogP contribution < -0.4 is 20.2 Å². The smallest absolute Gasteiger partial charge is 0.257 e. The zero-order chi connectivity index (χ0) is 21.4. The maximum atomic E-state index is 13.1. The Morgan fingerprint density at radius 1 is 1.13 bits per heavy atom. The third-order valence-electron chi connectivity index (χ3n) is 5.69. The lowest BCUT2D eigenvalue weighted by Gasteiger charge is -2.34. The Bertz CT molecular complexity index is 1060. The van der Waals surface area contributed by atoms with Crippen LogP contribution in [0.3, 0.4) is 0 Å². The number of hydrogen-bond donors (Lipinski definition) is 1. The van der Waals surface area contributed by atoms with E-state index in [0.717, 1.165) is 13.1 Å². The number of piperazine rings is 1. The molecule has 160 valence electrons. The number of carbonyl (C=O) groups is 2. The van der Waals surface area contributed by atoms with E-state index in [-0.39, 0.29) is 18.3 Å². The molecule has 2 aromatic rings. The van der Waals surface area contributed by atoms with Gasteiger partial charge in [0.15, 0.2) is 11.5 Å². The Morgan fingerprint density at radius 3 is 2.47 bits per heavy atom. The zero-order valence-electron chi connectivity index (χ0n) is 17.4. The second-order valence-corrected chi connectivity index (χ2v) is 7.70. The molecule has 0 spiro atoms. The van der Waals surface area contributed by atoms with Gasteiger partial charge in [0.05, 0.1) is 10.9 Å². The number of nitrogens with zero attached hydrogens (tertiary/aromatic N) is 3. The molecule has 4 rings (SSSR count). The van der Waals surface area contributed by atoms with Gasteiger partial charge in [-0.1, -0.05) is 0 Å². The first-order valence-electron chi connectivity index (χ1n) is 10.1. The molecule has 1 saturated heterocycles. The molecule has 2 aliphatic rings. The third-order valence-corrected chi connectivity index (χ3v) is 5.69. The van der Waals surface area contributed by atoms with Crippen LogP contribution in [0, 0.1) is 0 Å². The molecule has 9 heteroatoms. The summed E-state index contributed by atoms with van der Waals surface area (Å²) in [7, 11) is 2.01. The molecule has 1 aromatic heterocycles. The first-order valence-corrected chi connectivity index (χ1v) is 10.1. The molecule has 30 heavy (non-hydrogen) atoms. The molecule has 3 heterocycles. The van der Waals surface area contributed by atoms with Crippen molar-refractivity contribution in [2.45, 2.75) is 26.4 Å². The highest BCUT2D eigenvalue weighted by atomic mass is 16.7. The zero-order valence-corrected chi connectivity index (χ0v) is 17.4. The number of aryl methyl sites for hydroxylation is 1. The highest BCUT2D eigenvalue weighted by Gasteiger charge is 2.27. The average Bonchev–Trinajstić information content (AvgIpc) is 3.20. The largest absolute Gasteiger partial charge is 0.454 e. The highest BCUT2D eigenvalue weighted by Crippen LogP contribution is 2.35. The number of benzene rings is 1. The van der Waals surface area contributed by atoms with Crippen LogP contribution in [-0.4, -0.2) is 72.2 Å². The number of carbonyl (C=O) groups excluding carboxylic acids is 2. The number of amides is 2. The predicted octanol–water partition coefficient (Wildman–Crippen LogP) is 0.642. The summed E-state index contributed by atoms with van der Waals surface area (Å²) < 4.78 is 12.6. The van der Waals surface area contributed by atoms with Crippen molar-refractivity contribution >= 4 is 22.7 Å². The van der Waals surface area contributed by atoms with Gasteiger partial charge in [0, 0.05) is 45.0 Å². The monoisotopic (exact) mass is 414 g/mol. The van der Waals surface area contributed by atoms with Gasteiger partial charge < -0.3 is 29.2 Å². The molecular weight excluding hydrogens is 388 g/mol. The fraction of sp³-hybridized carbons (Fsp3) is 0.476. The maximum absolute atomic E-state index is 13.1. The molecule has 0 bridgehead atoms. The molecule has 2 aliphatic heterocycles. The van der Waals surface area contributed by atoms with Gasteiger partial charge in [-0.2, -0.15) is 0 Å². The minimum Gasteiger partial charge on any atom is -0.454 e. The summed E-state index contributed by atoms with van der Waals surface area (Å²) in [6.07, 6.45) is 1.54. The van der Waals surface area contributed by atoms with E-state index in [2.05, 4.69) is 10.2 Å². The average molecular weight is 414 g/mol. The van der Waals surface area contributed by atoms with Crippen LogP contribution in [0.5, 0.6) is 11.5 Å². The predicted molar refractivity (Wildman–Crippen MR) is 111 cm³/mol. The van der Waals surface area contributed by atoms with Gasteiger partial charge in [-0.3, -0.25) is 14.4 Å². The van der Waals surface area contributed by atoms with Crippen LogP contribution in [-0.2, 0) is 11.3 Å².